The molecule has 14 heteroatoms. The number of piperidine rings is 1. The third-order valence-corrected chi connectivity index (χ3v) is 7.91. The number of aromatic nitrogens is 2. The van der Waals surface area contributed by atoms with Crippen molar-refractivity contribution in [2.75, 3.05) is 43.6 Å². The zero-order chi connectivity index (χ0) is 32.3. The molecule has 1 amide bonds. The van der Waals surface area contributed by atoms with Crippen LogP contribution in [-0.4, -0.2) is 79.6 Å². The normalized spacial score (nSPS) is 14.6. The number of benzene rings is 1. The van der Waals surface area contributed by atoms with Crippen LogP contribution in [0.3, 0.4) is 0 Å². The number of nitrogens with one attached hydrogen (secondary N) is 2. The SMILES string of the molecule is COc1cc(S(C)(=O)=O)ccc1NCC#Cc1nc2c(NC3CCN(C(=O)OC(C)(C)C)CC3)cccn2c1CC(F)(F)F. The predicted octanol–water partition coefficient (Wildman–Crippen LogP) is 5.13. The molecule has 0 aliphatic carbocycles. The predicted molar refractivity (Wildman–Crippen MR) is 161 cm³/mol. The van der Waals surface area contributed by atoms with Crippen LogP contribution in [0.15, 0.2) is 41.4 Å². The van der Waals surface area contributed by atoms with E-state index in [-0.39, 0.29) is 40.7 Å². The Morgan fingerprint density at radius 2 is 1.84 bits per heavy atom. The van der Waals surface area contributed by atoms with Crippen LogP contribution in [0.2, 0.25) is 0 Å². The molecule has 2 aromatic heterocycles. The van der Waals surface area contributed by atoms with Crippen molar-refractivity contribution in [1.29, 1.82) is 0 Å². The van der Waals surface area contributed by atoms with Crippen molar-refractivity contribution in [1.82, 2.24) is 14.3 Å². The van der Waals surface area contributed by atoms with Gasteiger partial charge in [0.25, 0.3) is 0 Å². The van der Waals surface area contributed by atoms with E-state index in [4.69, 9.17) is 9.47 Å². The van der Waals surface area contributed by atoms with E-state index in [1.807, 2.05) is 20.8 Å². The van der Waals surface area contributed by atoms with Gasteiger partial charge in [-0.1, -0.05) is 5.92 Å². The average Bonchev–Trinajstić information content (AvgIpc) is 3.26. The Bertz CT molecular complexity index is 1680. The number of halogens is 3. The number of methoxy groups -OCH3 is 1. The number of carbonyl (C=O) groups excluding carboxylic acids is 1. The van der Waals surface area contributed by atoms with Gasteiger partial charge >= 0.3 is 12.3 Å². The van der Waals surface area contributed by atoms with Crippen LogP contribution >= 0.6 is 0 Å². The van der Waals surface area contributed by atoms with E-state index in [1.165, 1.54) is 35.9 Å². The summed E-state index contributed by atoms with van der Waals surface area (Å²) in [5.41, 5.74) is 0.677. The summed E-state index contributed by atoms with van der Waals surface area (Å²) in [5.74, 6) is 5.87. The number of imidazole rings is 1. The van der Waals surface area contributed by atoms with Gasteiger partial charge in [0.15, 0.2) is 15.5 Å². The fourth-order valence-electron chi connectivity index (χ4n) is 4.76. The van der Waals surface area contributed by atoms with Crippen LogP contribution < -0.4 is 15.4 Å². The first kappa shape index (κ1) is 32.8. The molecule has 0 bridgehead atoms. The van der Waals surface area contributed by atoms with Crippen molar-refractivity contribution in [3.05, 3.63) is 47.9 Å². The number of sulfone groups is 1. The Balaban J connectivity index is 1.52. The van der Waals surface area contributed by atoms with Crippen molar-refractivity contribution in [3.63, 3.8) is 0 Å². The molecule has 1 aliphatic rings. The first-order valence-electron chi connectivity index (χ1n) is 14.0. The fraction of sp³-hybridized carbons (Fsp3) is 0.467. The molecular weight excluding hydrogens is 599 g/mol. The molecule has 2 N–H and O–H groups in total. The molecule has 0 radical (unpaired) electrons. The molecule has 3 aromatic rings. The van der Waals surface area contributed by atoms with Gasteiger partial charge in [0.2, 0.25) is 0 Å². The number of alkyl halides is 3. The monoisotopic (exact) mass is 635 g/mol. The molecule has 1 aromatic carbocycles. The second-order valence-corrected chi connectivity index (χ2v) is 13.5. The summed E-state index contributed by atoms with van der Waals surface area (Å²) in [6.07, 6.45) is -2.21. The first-order valence-corrected chi connectivity index (χ1v) is 15.9. The number of amides is 1. The highest BCUT2D eigenvalue weighted by atomic mass is 32.2. The molecule has 238 valence electrons. The average molecular weight is 636 g/mol. The summed E-state index contributed by atoms with van der Waals surface area (Å²) in [6, 6.07) is 7.72. The topological polar surface area (TPSA) is 114 Å². The summed E-state index contributed by atoms with van der Waals surface area (Å²) >= 11 is 0. The van der Waals surface area contributed by atoms with Crippen molar-refractivity contribution in [3.8, 4) is 17.6 Å². The Hall–Kier alpha value is -4.12. The molecule has 3 heterocycles. The minimum absolute atomic E-state index is 0.00231. The molecule has 4 rings (SSSR count). The number of hydrogen-bond donors (Lipinski definition) is 2. The maximum atomic E-state index is 13.6. The van der Waals surface area contributed by atoms with Crippen LogP contribution in [-0.2, 0) is 21.0 Å². The van der Waals surface area contributed by atoms with Gasteiger partial charge in [-0.3, -0.25) is 0 Å². The lowest BCUT2D eigenvalue weighted by molar-refractivity contribution is -0.128. The fourth-order valence-corrected chi connectivity index (χ4v) is 5.39. The van der Waals surface area contributed by atoms with Crippen molar-refractivity contribution < 1.29 is 35.9 Å². The van der Waals surface area contributed by atoms with Gasteiger partial charge in [-0.2, -0.15) is 13.2 Å². The maximum Gasteiger partial charge on any atom is 0.410 e. The summed E-state index contributed by atoms with van der Waals surface area (Å²) in [4.78, 5) is 18.6. The number of ether oxygens (including phenoxy) is 2. The molecule has 10 nitrogen and oxygen atoms in total. The highest BCUT2D eigenvalue weighted by Gasteiger charge is 2.32. The van der Waals surface area contributed by atoms with Crippen molar-refractivity contribution in [2.45, 2.75) is 62.7 Å². The third-order valence-electron chi connectivity index (χ3n) is 6.80. The number of hydrogen-bond acceptors (Lipinski definition) is 8. The zero-order valence-corrected chi connectivity index (χ0v) is 26.0. The summed E-state index contributed by atoms with van der Waals surface area (Å²) in [6.45, 7) is 6.43. The van der Waals surface area contributed by atoms with Gasteiger partial charge in [-0.05, 0) is 63.8 Å². The molecule has 1 saturated heterocycles. The van der Waals surface area contributed by atoms with Crippen LogP contribution in [0.25, 0.3) is 5.65 Å². The quantitative estimate of drug-likeness (QED) is 0.344. The summed E-state index contributed by atoms with van der Waals surface area (Å²) < 4.78 is 76.6. The highest BCUT2D eigenvalue weighted by molar-refractivity contribution is 7.90. The summed E-state index contributed by atoms with van der Waals surface area (Å²) in [5, 5.41) is 6.40. The number of fused-ring (bicyclic) bond motifs is 1. The van der Waals surface area contributed by atoms with Crippen LogP contribution in [0.1, 0.15) is 45.0 Å². The largest absolute Gasteiger partial charge is 0.495 e. The van der Waals surface area contributed by atoms with Gasteiger partial charge in [-0.25, -0.2) is 18.2 Å². The van der Waals surface area contributed by atoms with Crippen LogP contribution in [0, 0.1) is 11.8 Å². The van der Waals surface area contributed by atoms with Gasteiger partial charge in [0, 0.05) is 37.7 Å². The van der Waals surface area contributed by atoms with Crippen molar-refractivity contribution in [2.24, 2.45) is 0 Å². The smallest absolute Gasteiger partial charge is 0.410 e. The molecule has 0 atom stereocenters. The Kier molecular flexibility index (Phi) is 9.58. The highest BCUT2D eigenvalue weighted by Crippen LogP contribution is 2.29. The molecular formula is C30H36F3N5O5S. The van der Waals surface area contributed by atoms with Crippen LogP contribution in [0.5, 0.6) is 5.75 Å². The molecule has 0 saturated carbocycles. The maximum absolute atomic E-state index is 13.6. The van der Waals surface area contributed by atoms with E-state index in [9.17, 15) is 26.4 Å². The number of likely N-dealkylation sites (tertiary alicyclic amines) is 1. The van der Waals surface area contributed by atoms with E-state index >= 15 is 0 Å². The number of carbonyl (C=O) groups is 1. The van der Waals surface area contributed by atoms with E-state index in [0.29, 0.717) is 43.0 Å². The number of pyridine rings is 1. The second kappa shape index (κ2) is 12.9. The van der Waals surface area contributed by atoms with Crippen molar-refractivity contribution >= 4 is 33.0 Å². The molecule has 0 unspecified atom stereocenters. The Morgan fingerprint density at radius 3 is 2.45 bits per heavy atom. The second-order valence-electron chi connectivity index (χ2n) is 11.5. The van der Waals surface area contributed by atoms with Gasteiger partial charge in [-0.15, -0.1) is 0 Å². The van der Waals surface area contributed by atoms with Gasteiger partial charge in [0.05, 0.1) is 42.0 Å². The summed E-state index contributed by atoms with van der Waals surface area (Å²) in [7, 11) is -2.04. The minimum atomic E-state index is -4.49. The number of anilines is 2. The Labute approximate surface area is 254 Å². The molecule has 1 fully saturated rings. The lowest BCUT2D eigenvalue weighted by Gasteiger charge is -2.34. The number of nitrogens with zero attached hydrogens (tertiary/aromatic N) is 3. The van der Waals surface area contributed by atoms with E-state index in [1.54, 1.807) is 17.0 Å². The standard InChI is InChI=1S/C30H36F3N5O5S/c1-29(2,3)43-28(39)37-16-12-20(13-17-37)35-24-9-7-15-38-25(19-30(31,32)33)22(36-27(24)38)8-6-14-34-23-11-10-21(44(5,40)41)18-26(23)42-4/h7,9-11,15,18,20,34-35H,12-14,16-17,19H2,1-5H3. The van der Waals surface area contributed by atoms with Gasteiger partial charge in [0.1, 0.15) is 17.0 Å². The first-order chi connectivity index (χ1) is 20.5. The number of rotatable bonds is 7. The molecule has 0 spiro atoms. The Morgan fingerprint density at radius 1 is 1.14 bits per heavy atom. The lowest BCUT2D eigenvalue weighted by atomic mass is 10.1. The zero-order valence-electron chi connectivity index (χ0n) is 25.2. The lowest BCUT2D eigenvalue weighted by Crippen LogP contribution is -2.44. The molecule has 44 heavy (non-hydrogen) atoms. The van der Waals surface area contributed by atoms with Gasteiger partial charge < -0.3 is 29.4 Å². The minimum Gasteiger partial charge on any atom is -0.495 e. The molecule has 1 aliphatic heterocycles. The third kappa shape index (κ3) is 8.49. The van der Waals surface area contributed by atoms with E-state index in [0.717, 1.165) is 6.26 Å². The van der Waals surface area contributed by atoms with E-state index in [2.05, 4.69) is 27.5 Å². The van der Waals surface area contributed by atoms with E-state index < -0.39 is 28.0 Å². The van der Waals surface area contributed by atoms with Crippen LogP contribution in [0.4, 0.5) is 29.3 Å².